The van der Waals surface area contributed by atoms with Crippen LogP contribution in [0.2, 0.25) is 0 Å². The van der Waals surface area contributed by atoms with Crippen molar-refractivity contribution in [3.05, 3.63) is 168 Å². The summed E-state index contributed by atoms with van der Waals surface area (Å²) in [4.78, 5) is 12.8. The van der Waals surface area contributed by atoms with Gasteiger partial charge in [0.05, 0.1) is 17.6 Å². The summed E-state index contributed by atoms with van der Waals surface area (Å²) in [7, 11) is 0. The van der Waals surface area contributed by atoms with Crippen LogP contribution in [0.5, 0.6) is 5.75 Å². The van der Waals surface area contributed by atoms with Crippen LogP contribution in [0.25, 0.3) is 28.2 Å². The van der Waals surface area contributed by atoms with Crippen LogP contribution in [-0.4, -0.2) is 16.7 Å². The van der Waals surface area contributed by atoms with Gasteiger partial charge in [-0.25, -0.2) is 9.82 Å². The second kappa shape index (κ2) is 12.8. The Kier molecular flexibility index (Phi) is 8.18. The van der Waals surface area contributed by atoms with Crippen LogP contribution in [0.15, 0.2) is 151 Å². The van der Waals surface area contributed by atoms with E-state index in [1.54, 1.807) is 30.5 Å². The van der Waals surface area contributed by atoms with Gasteiger partial charge < -0.3 is 9.30 Å². The Balaban J connectivity index is 1.12. The van der Waals surface area contributed by atoms with Gasteiger partial charge in [-0.1, -0.05) is 72.8 Å². The summed E-state index contributed by atoms with van der Waals surface area (Å²) in [6, 6.07) is 45.8. The van der Waals surface area contributed by atoms with E-state index in [-0.39, 0.29) is 11.7 Å². The van der Waals surface area contributed by atoms with Gasteiger partial charge in [0.15, 0.2) is 0 Å². The Morgan fingerprint density at radius 3 is 1.86 bits per heavy atom. The fraction of sp³-hybridized carbons (Fsp3) is 0.0270. The lowest BCUT2D eigenvalue weighted by molar-refractivity contribution is 0.0955. The highest BCUT2D eigenvalue weighted by Gasteiger charge is 2.14. The summed E-state index contributed by atoms with van der Waals surface area (Å²) in [5, 5.41) is 4.12. The number of hydrogen-bond donors (Lipinski definition) is 1. The minimum atomic E-state index is -0.305. The lowest BCUT2D eigenvalue weighted by Crippen LogP contribution is -2.17. The van der Waals surface area contributed by atoms with Crippen molar-refractivity contribution in [1.82, 2.24) is 9.99 Å². The molecule has 5 nitrogen and oxygen atoms in total. The number of aromatic nitrogens is 1. The molecule has 0 bridgehead atoms. The molecule has 6 heteroatoms. The van der Waals surface area contributed by atoms with Crippen molar-refractivity contribution in [1.29, 1.82) is 0 Å². The maximum Gasteiger partial charge on any atom is 0.271 e. The van der Waals surface area contributed by atoms with Gasteiger partial charge in [-0.15, -0.1) is 0 Å². The third kappa shape index (κ3) is 6.60. The molecule has 0 aliphatic carbocycles. The lowest BCUT2D eigenvalue weighted by Gasteiger charge is -2.15. The SMILES string of the molecule is O=C(NN=Cc1ccc(OCc2ccc(F)cc2)cc1)c1ccc(-n2c(-c3ccccc3)ccc2-c2ccccc2)cc1. The maximum atomic E-state index is 13.1. The smallest absolute Gasteiger partial charge is 0.271 e. The van der Waals surface area contributed by atoms with Gasteiger partial charge in [-0.05, 0) is 95.1 Å². The molecular formula is C37H28FN3O2. The molecule has 0 spiro atoms. The van der Waals surface area contributed by atoms with E-state index >= 15 is 0 Å². The van der Waals surface area contributed by atoms with Crippen LogP contribution >= 0.6 is 0 Å². The summed E-state index contributed by atoms with van der Waals surface area (Å²) in [5.74, 6) is 0.100. The first kappa shape index (κ1) is 27.4. The molecular weight excluding hydrogens is 537 g/mol. The highest BCUT2D eigenvalue weighted by Crippen LogP contribution is 2.32. The molecule has 1 aromatic heterocycles. The molecule has 6 rings (SSSR count). The third-order valence-corrected chi connectivity index (χ3v) is 6.99. The third-order valence-electron chi connectivity index (χ3n) is 6.99. The van der Waals surface area contributed by atoms with Gasteiger partial charge in [0.25, 0.3) is 5.91 Å². The molecule has 0 aliphatic heterocycles. The molecule has 0 radical (unpaired) electrons. The van der Waals surface area contributed by atoms with Crippen LogP contribution in [0.1, 0.15) is 21.5 Å². The summed E-state index contributed by atoms with van der Waals surface area (Å²) >= 11 is 0. The molecule has 1 heterocycles. The number of carbonyl (C=O) groups is 1. The van der Waals surface area contributed by atoms with Crippen LogP contribution in [0.3, 0.4) is 0 Å². The normalized spacial score (nSPS) is 11.0. The molecule has 6 aromatic rings. The van der Waals surface area contributed by atoms with Crippen molar-refractivity contribution < 1.29 is 13.9 Å². The van der Waals surface area contributed by atoms with Gasteiger partial charge in [0, 0.05) is 11.3 Å². The molecule has 0 saturated carbocycles. The van der Waals surface area contributed by atoms with Gasteiger partial charge in [-0.3, -0.25) is 4.79 Å². The number of hydrogen-bond acceptors (Lipinski definition) is 3. The van der Waals surface area contributed by atoms with Crippen molar-refractivity contribution in [2.45, 2.75) is 6.61 Å². The number of hydrazone groups is 1. The molecule has 0 unspecified atom stereocenters. The average Bonchev–Trinajstić information content (AvgIpc) is 3.51. The molecule has 0 saturated heterocycles. The van der Waals surface area contributed by atoms with E-state index in [2.05, 4.69) is 51.5 Å². The number of ether oxygens (including phenoxy) is 1. The van der Waals surface area contributed by atoms with Crippen molar-refractivity contribution in [3.8, 4) is 34.0 Å². The Morgan fingerprint density at radius 2 is 1.28 bits per heavy atom. The number of carbonyl (C=O) groups excluding carboxylic acids is 1. The van der Waals surface area contributed by atoms with Crippen LogP contribution in [0, 0.1) is 5.82 Å². The van der Waals surface area contributed by atoms with E-state index in [9.17, 15) is 9.18 Å². The zero-order valence-electron chi connectivity index (χ0n) is 23.2. The second-order valence-corrected chi connectivity index (χ2v) is 9.90. The first-order chi connectivity index (χ1) is 21.1. The fourth-order valence-corrected chi connectivity index (χ4v) is 4.77. The number of nitrogens with zero attached hydrogens (tertiary/aromatic N) is 2. The summed E-state index contributed by atoms with van der Waals surface area (Å²) in [6.45, 7) is 0.341. The minimum absolute atomic E-state index is 0.275. The summed E-state index contributed by atoms with van der Waals surface area (Å²) < 4.78 is 21.0. The predicted molar refractivity (Wildman–Crippen MR) is 169 cm³/mol. The summed E-state index contributed by atoms with van der Waals surface area (Å²) in [5.41, 5.74) is 10.1. The van der Waals surface area contributed by atoms with Crippen molar-refractivity contribution >= 4 is 12.1 Å². The molecule has 5 aromatic carbocycles. The van der Waals surface area contributed by atoms with Gasteiger partial charge in [0.2, 0.25) is 0 Å². The summed E-state index contributed by atoms with van der Waals surface area (Å²) in [6.07, 6.45) is 1.58. The second-order valence-electron chi connectivity index (χ2n) is 9.90. The molecule has 43 heavy (non-hydrogen) atoms. The molecule has 210 valence electrons. The van der Waals surface area contributed by atoms with E-state index in [1.807, 2.05) is 72.8 Å². The predicted octanol–water partition coefficient (Wildman–Crippen LogP) is 8.29. The highest BCUT2D eigenvalue weighted by atomic mass is 19.1. The van der Waals surface area contributed by atoms with Crippen molar-refractivity contribution in [2.24, 2.45) is 5.10 Å². The van der Waals surface area contributed by atoms with Gasteiger partial charge in [-0.2, -0.15) is 5.10 Å². The quantitative estimate of drug-likeness (QED) is 0.142. The van der Waals surface area contributed by atoms with Crippen molar-refractivity contribution in [3.63, 3.8) is 0 Å². The number of amides is 1. The number of benzene rings is 5. The minimum Gasteiger partial charge on any atom is -0.489 e. The fourth-order valence-electron chi connectivity index (χ4n) is 4.77. The van der Waals surface area contributed by atoms with E-state index in [0.717, 1.165) is 39.3 Å². The molecule has 0 fully saturated rings. The standard InChI is InChI=1S/C37H28FN3O2/c38-32-17-11-28(12-18-32)26-43-34-21-13-27(14-22-34)25-39-40-37(42)31-15-19-33(20-16-31)41-35(29-7-3-1-4-8-29)23-24-36(41)30-9-5-2-6-10-30/h1-25H,26H2,(H,40,42). The molecule has 0 atom stereocenters. The Morgan fingerprint density at radius 1 is 0.698 bits per heavy atom. The largest absolute Gasteiger partial charge is 0.489 e. The molecule has 0 aliphatic rings. The van der Waals surface area contributed by atoms with Crippen LogP contribution < -0.4 is 10.2 Å². The van der Waals surface area contributed by atoms with E-state index in [1.165, 1.54) is 12.1 Å². The Labute approximate surface area is 249 Å². The van der Waals surface area contributed by atoms with Crippen LogP contribution in [-0.2, 0) is 6.61 Å². The highest BCUT2D eigenvalue weighted by molar-refractivity contribution is 5.95. The average molecular weight is 566 g/mol. The Hall–Kier alpha value is -5.75. The van der Waals surface area contributed by atoms with Crippen molar-refractivity contribution in [2.75, 3.05) is 0 Å². The topological polar surface area (TPSA) is 55.6 Å². The zero-order valence-corrected chi connectivity index (χ0v) is 23.2. The van der Waals surface area contributed by atoms with E-state index in [0.29, 0.717) is 17.9 Å². The zero-order chi connectivity index (χ0) is 29.4. The van der Waals surface area contributed by atoms with Gasteiger partial charge >= 0.3 is 0 Å². The monoisotopic (exact) mass is 565 g/mol. The maximum absolute atomic E-state index is 13.1. The first-order valence-corrected chi connectivity index (χ1v) is 13.9. The Bertz CT molecular complexity index is 1770. The molecule has 1 amide bonds. The lowest BCUT2D eigenvalue weighted by atomic mass is 10.1. The van der Waals surface area contributed by atoms with E-state index < -0.39 is 0 Å². The molecule has 1 N–H and O–H groups in total. The number of nitrogens with one attached hydrogen (secondary N) is 1. The number of rotatable bonds is 9. The first-order valence-electron chi connectivity index (χ1n) is 13.9. The van der Waals surface area contributed by atoms with Crippen LogP contribution in [0.4, 0.5) is 4.39 Å². The number of halogens is 1. The van der Waals surface area contributed by atoms with Gasteiger partial charge in [0.1, 0.15) is 18.2 Å². The van der Waals surface area contributed by atoms with E-state index in [4.69, 9.17) is 4.74 Å².